The highest BCUT2D eigenvalue weighted by molar-refractivity contribution is 5.14. The number of rotatable bonds is 2. The van der Waals surface area contributed by atoms with Crippen LogP contribution in [0.25, 0.3) is 0 Å². The Labute approximate surface area is 76.8 Å². The van der Waals surface area contributed by atoms with Crippen molar-refractivity contribution in [2.75, 3.05) is 0 Å². The van der Waals surface area contributed by atoms with E-state index in [1.165, 1.54) is 0 Å². The molecule has 0 aliphatic carbocycles. The second-order valence-electron chi connectivity index (χ2n) is 2.86. The molecule has 0 radical (unpaired) electrons. The lowest BCUT2D eigenvalue weighted by molar-refractivity contribution is 0.611. The summed E-state index contributed by atoms with van der Waals surface area (Å²) in [5.41, 5.74) is 7.00. The first-order valence-electron chi connectivity index (χ1n) is 4.16. The van der Waals surface area contributed by atoms with E-state index in [0.717, 1.165) is 5.56 Å². The highest BCUT2D eigenvalue weighted by atomic mass is 15.1. The number of aromatic nitrogens is 2. The van der Waals surface area contributed by atoms with Gasteiger partial charge in [0.2, 0.25) is 0 Å². The lowest BCUT2D eigenvalue weighted by Crippen LogP contribution is -2.18. The van der Waals surface area contributed by atoms with Crippen LogP contribution in [0, 0.1) is 0 Å². The average molecular weight is 173 g/mol. The largest absolute Gasteiger partial charge is 0.335 e. The molecule has 1 unspecified atom stereocenters. The van der Waals surface area contributed by atoms with Crippen LogP contribution in [0.4, 0.5) is 0 Å². The summed E-state index contributed by atoms with van der Waals surface area (Å²) in [6.07, 6.45) is 7.27. The van der Waals surface area contributed by atoms with E-state index in [-0.39, 0.29) is 6.17 Å². The summed E-state index contributed by atoms with van der Waals surface area (Å²) in [4.78, 5) is 4.02. The second-order valence-corrected chi connectivity index (χ2v) is 2.86. The predicted octanol–water partition coefficient (Wildman–Crippen LogP) is 1.39. The summed E-state index contributed by atoms with van der Waals surface area (Å²) < 4.78 is 1.94. The molecule has 0 bridgehead atoms. The summed E-state index contributed by atoms with van der Waals surface area (Å²) in [6, 6.07) is 7.77. The van der Waals surface area contributed by atoms with E-state index in [0.29, 0.717) is 0 Å². The van der Waals surface area contributed by atoms with Gasteiger partial charge in [0, 0.05) is 30.4 Å². The summed E-state index contributed by atoms with van der Waals surface area (Å²) in [5, 5.41) is 0. The fourth-order valence-corrected chi connectivity index (χ4v) is 1.26. The maximum absolute atomic E-state index is 5.98. The van der Waals surface area contributed by atoms with E-state index in [9.17, 15) is 0 Å². The molecule has 13 heavy (non-hydrogen) atoms. The van der Waals surface area contributed by atoms with Crippen molar-refractivity contribution >= 4 is 0 Å². The van der Waals surface area contributed by atoms with E-state index >= 15 is 0 Å². The van der Waals surface area contributed by atoms with Gasteiger partial charge in [-0.3, -0.25) is 4.98 Å². The number of hydrogen-bond donors (Lipinski definition) is 1. The Balaban J connectivity index is 2.29. The zero-order valence-corrected chi connectivity index (χ0v) is 7.17. The minimum absolute atomic E-state index is 0.135. The highest BCUT2D eigenvalue weighted by Crippen LogP contribution is 2.10. The molecule has 0 amide bonds. The van der Waals surface area contributed by atoms with Crippen molar-refractivity contribution in [3.8, 4) is 0 Å². The molecule has 3 nitrogen and oxygen atoms in total. The monoisotopic (exact) mass is 173 g/mol. The van der Waals surface area contributed by atoms with Gasteiger partial charge < -0.3 is 10.3 Å². The first-order chi connectivity index (χ1) is 6.38. The first-order valence-corrected chi connectivity index (χ1v) is 4.16. The number of nitrogens with zero attached hydrogens (tertiary/aromatic N) is 2. The third kappa shape index (κ3) is 1.60. The molecule has 1 atom stereocenters. The van der Waals surface area contributed by atoms with Gasteiger partial charge in [-0.1, -0.05) is 6.07 Å². The molecule has 0 spiro atoms. The molecule has 0 aliphatic heterocycles. The molecular formula is C10H11N3. The van der Waals surface area contributed by atoms with Gasteiger partial charge in [0.1, 0.15) is 6.17 Å². The maximum Gasteiger partial charge on any atom is 0.108 e. The fourth-order valence-electron chi connectivity index (χ4n) is 1.26. The minimum atomic E-state index is -0.135. The van der Waals surface area contributed by atoms with Crippen LogP contribution in [0.3, 0.4) is 0 Å². The summed E-state index contributed by atoms with van der Waals surface area (Å²) >= 11 is 0. The average Bonchev–Trinajstić information content (AvgIpc) is 2.71. The molecule has 2 heterocycles. The summed E-state index contributed by atoms with van der Waals surface area (Å²) in [7, 11) is 0. The lowest BCUT2D eigenvalue weighted by Gasteiger charge is -2.12. The smallest absolute Gasteiger partial charge is 0.108 e. The predicted molar refractivity (Wildman–Crippen MR) is 51.0 cm³/mol. The third-order valence-corrected chi connectivity index (χ3v) is 1.97. The Kier molecular flexibility index (Phi) is 2.10. The van der Waals surface area contributed by atoms with Gasteiger partial charge in [-0.05, 0) is 18.2 Å². The van der Waals surface area contributed by atoms with Gasteiger partial charge in [-0.15, -0.1) is 0 Å². The Morgan fingerprint density at radius 3 is 2.62 bits per heavy atom. The lowest BCUT2D eigenvalue weighted by atomic mass is 10.2. The third-order valence-electron chi connectivity index (χ3n) is 1.97. The fraction of sp³-hybridized carbons (Fsp3) is 0.100. The van der Waals surface area contributed by atoms with Crippen LogP contribution in [0.2, 0.25) is 0 Å². The molecular weight excluding hydrogens is 162 g/mol. The Morgan fingerprint density at radius 1 is 1.23 bits per heavy atom. The molecule has 2 N–H and O–H groups in total. The van der Waals surface area contributed by atoms with Gasteiger partial charge >= 0.3 is 0 Å². The molecule has 2 aromatic heterocycles. The highest BCUT2D eigenvalue weighted by Gasteiger charge is 2.04. The molecule has 0 fully saturated rings. The molecule has 0 aromatic carbocycles. The summed E-state index contributed by atoms with van der Waals surface area (Å²) in [5.74, 6) is 0. The van der Waals surface area contributed by atoms with E-state index in [2.05, 4.69) is 4.98 Å². The Hall–Kier alpha value is -1.61. The molecule has 66 valence electrons. The van der Waals surface area contributed by atoms with Crippen molar-refractivity contribution < 1.29 is 0 Å². The van der Waals surface area contributed by atoms with E-state index in [4.69, 9.17) is 5.73 Å². The van der Waals surface area contributed by atoms with Crippen LogP contribution >= 0.6 is 0 Å². The maximum atomic E-state index is 5.98. The van der Waals surface area contributed by atoms with Crippen molar-refractivity contribution in [3.05, 3.63) is 54.6 Å². The number of hydrogen-bond acceptors (Lipinski definition) is 2. The van der Waals surface area contributed by atoms with Crippen molar-refractivity contribution in [2.24, 2.45) is 5.73 Å². The molecule has 0 saturated heterocycles. The van der Waals surface area contributed by atoms with Crippen molar-refractivity contribution in [1.29, 1.82) is 0 Å². The standard InChI is InChI=1S/C10H11N3/c11-10(13-6-1-2-7-13)9-4-3-5-12-8-9/h1-8,10H,11H2. The van der Waals surface area contributed by atoms with Crippen LogP contribution in [-0.4, -0.2) is 9.55 Å². The summed E-state index contributed by atoms with van der Waals surface area (Å²) in [6.45, 7) is 0. The molecule has 0 saturated carbocycles. The van der Waals surface area contributed by atoms with Gasteiger partial charge in [0.25, 0.3) is 0 Å². The zero-order chi connectivity index (χ0) is 9.10. The quantitative estimate of drug-likeness (QED) is 0.745. The van der Waals surface area contributed by atoms with Crippen LogP contribution < -0.4 is 5.73 Å². The number of nitrogens with two attached hydrogens (primary N) is 1. The Morgan fingerprint density at radius 2 is 2.00 bits per heavy atom. The van der Waals surface area contributed by atoms with Crippen molar-refractivity contribution in [2.45, 2.75) is 6.17 Å². The van der Waals surface area contributed by atoms with E-state index in [1.54, 1.807) is 12.4 Å². The number of pyridine rings is 1. The molecule has 2 aromatic rings. The first kappa shape index (κ1) is 8.01. The molecule has 2 rings (SSSR count). The SMILES string of the molecule is NC(c1cccnc1)n1cccc1. The van der Waals surface area contributed by atoms with Crippen molar-refractivity contribution in [1.82, 2.24) is 9.55 Å². The van der Waals surface area contributed by atoms with Gasteiger partial charge in [0.15, 0.2) is 0 Å². The van der Waals surface area contributed by atoms with Crippen molar-refractivity contribution in [3.63, 3.8) is 0 Å². The Bertz CT molecular complexity index is 353. The van der Waals surface area contributed by atoms with Gasteiger partial charge in [0.05, 0.1) is 0 Å². The topological polar surface area (TPSA) is 43.8 Å². The van der Waals surface area contributed by atoms with Crippen LogP contribution in [0.15, 0.2) is 49.1 Å². The zero-order valence-electron chi connectivity index (χ0n) is 7.17. The van der Waals surface area contributed by atoms with Crippen LogP contribution in [-0.2, 0) is 0 Å². The molecule has 3 heteroatoms. The van der Waals surface area contributed by atoms with E-state index < -0.39 is 0 Å². The van der Waals surface area contributed by atoms with Crippen LogP contribution in [0.1, 0.15) is 11.7 Å². The van der Waals surface area contributed by atoms with Gasteiger partial charge in [-0.2, -0.15) is 0 Å². The molecule has 0 aliphatic rings. The van der Waals surface area contributed by atoms with Crippen LogP contribution in [0.5, 0.6) is 0 Å². The normalized spacial score (nSPS) is 12.7. The van der Waals surface area contributed by atoms with E-state index in [1.807, 2.05) is 41.2 Å². The van der Waals surface area contributed by atoms with Gasteiger partial charge in [-0.25, -0.2) is 0 Å². The second kappa shape index (κ2) is 3.41. The minimum Gasteiger partial charge on any atom is -0.335 e.